The lowest BCUT2D eigenvalue weighted by molar-refractivity contribution is 1.27. The van der Waals surface area contributed by atoms with E-state index in [2.05, 4.69) is 246 Å². The summed E-state index contributed by atoms with van der Waals surface area (Å²) in [5.41, 5.74) is 19.1. The van der Waals surface area contributed by atoms with Crippen molar-refractivity contribution >= 4 is 40.4 Å². The van der Waals surface area contributed by atoms with Crippen molar-refractivity contribution in [3.63, 3.8) is 0 Å². The summed E-state index contributed by atoms with van der Waals surface area (Å²) < 4.78 is 0. The van der Waals surface area contributed by atoms with Crippen LogP contribution in [0.15, 0.2) is 194 Å². The fourth-order valence-electron chi connectivity index (χ4n) is 6.77. The second kappa shape index (κ2) is 17.6. The fourth-order valence-corrected chi connectivity index (χ4v) is 6.77. The zero-order valence-corrected chi connectivity index (χ0v) is 33.1. The van der Waals surface area contributed by atoms with Gasteiger partial charge in [-0.15, -0.1) is 0 Å². The number of rotatable bonds is 11. The first kappa shape index (κ1) is 37.6. The third-order valence-corrected chi connectivity index (χ3v) is 10.1. The summed E-state index contributed by atoms with van der Waals surface area (Å²) in [7, 11) is 0. The molecule has 1 heteroatoms. The molecular weight excluding hydrogens is 675 g/mol. The van der Waals surface area contributed by atoms with E-state index in [-0.39, 0.29) is 0 Å². The largest absolute Gasteiger partial charge is 0.311 e. The highest BCUT2D eigenvalue weighted by molar-refractivity contribution is 5.83. The van der Waals surface area contributed by atoms with Crippen LogP contribution in [0.5, 0.6) is 0 Å². The first-order chi connectivity index (χ1) is 27.3. The standard InChI is InChI=1S/C55H49N/c1-40-12-26-47(27-13-40)54(48-28-14-41(2)15-29-48)10-6-8-45-22-36-52(37-23-45)56(51-34-20-44(5)21-35-51)53-38-24-46(25-39-53)9-7-11-55(49-30-16-42(3)17-31-49)50-32-18-43(4)19-33-50/h6-39H,1-5H3. The van der Waals surface area contributed by atoms with Gasteiger partial charge in [-0.1, -0.05) is 198 Å². The van der Waals surface area contributed by atoms with Gasteiger partial charge in [-0.25, -0.2) is 0 Å². The maximum Gasteiger partial charge on any atom is 0.0462 e. The monoisotopic (exact) mass is 723 g/mol. The van der Waals surface area contributed by atoms with E-state index in [9.17, 15) is 0 Å². The second-order valence-corrected chi connectivity index (χ2v) is 14.7. The van der Waals surface area contributed by atoms with E-state index in [1.165, 1.54) is 61.2 Å². The molecule has 7 aromatic carbocycles. The summed E-state index contributed by atoms with van der Waals surface area (Å²) in [6.45, 7) is 10.6. The molecule has 7 aromatic rings. The van der Waals surface area contributed by atoms with Crippen LogP contribution < -0.4 is 4.90 Å². The molecule has 0 saturated carbocycles. The summed E-state index contributed by atoms with van der Waals surface area (Å²) in [6, 6.07) is 61.4. The molecule has 0 N–H and O–H groups in total. The van der Waals surface area contributed by atoms with E-state index in [0.29, 0.717) is 0 Å². The summed E-state index contributed by atoms with van der Waals surface area (Å²) in [5.74, 6) is 0. The van der Waals surface area contributed by atoms with Gasteiger partial charge in [0.2, 0.25) is 0 Å². The van der Waals surface area contributed by atoms with Crippen LogP contribution in [0.3, 0.4) is 0 Å². The van der Waals surface area contributed by atoms with Crippen LogP contribution in [-0.2, 0) is 0 Å². The summed E-state index contributed by atoms with van der Waals surface area (Å²) >= 11 is 0. The van der Waals surface area contributed by atoms with Gasteiger partial charge < -0.3 is 4.90 Å². The maximum absolute atomic E-state index is 2.32. The van der Waals surface area contributed by atoms with Crippen molar-refractivity contribution < 1.29 is 0 Å². The molecule has 0 aliphatic rings. The zero-order chi connectivity index (χ0) is 38.9. The molecule has 0 aliphatic carbocycles. The number of hydrogen-bond donors (Lipinski definition) is 0. The molecule has 274 valence electrons. The van der Waals surface area contributed by atoms with Gasteiger partial charge in [0, 0.05) is 17.1 Å². The second-order valence-electron chi connectivity index (χ2n) is 14.7. The van der Waals surface area contributed by atoms with E-state index in [4.69, 9.17) is 0 Å². The van der Waals surface area contributed by atoms with Gasteiger partial charge in [0.15, 0.2) is 0 Å². The Hall–Kier alpha value is -6.70. The topological polar surface area (TPSA) is 3.24 Å². The molecule has 0 amide bonds. The van der Waals surface area contributed by atoms with Gasteiger partial charge in [0.1, 0.15) is 0 Å². The lowest BCUT2D eigenvalue weighted by Gasteiger charge is -2.26. The Kier molecular flexibility index (Phi) is 11.8. The molecule has 0 spiro atoms. The van der Waals surface area contributed by atoms with Crippen molar-refractivity contribution in [1.82, 2.24) is 0 Å². The molecule has 0 bridgehead atoms. The Morgan fingerprint density at radius 3 is 0.804 bits per heavy atom. The van der Waals surface area contributed by atoms with E-state index < -0.39 is 0 Å². The van der Waals surface area contributed by atoms with Crippen molar-refractivity contribution in [2.75, 3.05) is 4.90 Å². The lowest BCUT2D eigenvalue weighted by atomic mass is 9.96. The van der Waals surface area contributed by atoms with Crippen molar-refractivity contribution in [2.24, 2.45) is 0 Å². The Morgan fingerprint density at radius 1 is 0.304 bits per heavy atom. The molecule has 56 heavy (non-hydrogen) atoms. The van der Waals surface area contributed by atoms with Gasteiger partial charge >= 0.3 is 0 Å². The molecule has 0 radical (unpaired) electrons. The lowest BCUT2D eigenvalue weighted by Crippen LogP contribution is -2.09. The van der Waals surface area contributed by atoms with E-state index in [1.54, 1.807) is 0 Å². The number of anilines is 3. The van der Waals surface area contributed by atoms with Crippen LogP contribution in [0.1, 0.15) is 61.2 Å². The molecule has 0 saturated heterocycles. The quantitative estimate of drug-likeness (QED) is 0.120. The average molecular weight is 724 g/mol. The molecule has 0 heterocycles. The number of allylic oxidation sites excluding steroid dienone is 4. The first-order valence-corrected chi connectivity index (χ1v) is 19.4. The van der Waals surface area contributed by atoms with Gasteiger partial charge in [0.05, 0.1) is 0 Å². The Bertz CT molecular complexity index is 2220. The first-order valence-electron chi connectivity index (χ1n) is 19.4. The minimum atomic E-state index is 1.11. The highest BCUT2D eigenvalue weighted by atomic mass is 15.1. The normalized spacial score (nSPS) is 11.2. The molecule has 1 nitrogen and oxygen atoms in total. The summed E-state index contributed by atoms with van der Waals surface area (Å²) in [5, 5.41) is 0. The van der Waals surface area contributed by atoms with E-state index >= 15 is 0 Å². The highest BCUT2D eigenvalue weighted by Crippen LogP contribution is 2.35. The molecule has 0 fully saturated rings. The summed E-state index contributed by atoms with van der Waals surface area (Å²) in [4.78, 5) is 2.32. The highest BCUT2D eigenvalue weighted by Gasteiger charge is 2.13. The van der Waals surface area contributed by atoms with Crippen molar-refractivity contribution in [2.45, 2.75) is 34.6 Å². The minimum Gasteiger partial charge on any atom is -0.311 e. The van der Waals surface area contributed by atoms with Crippen LogP contribution in [-0.4, -0.2) is 0 Å². The molecule has 0 aliphatic heterocycles. The minimum absolute atomic E-state index is 1.11. The molecule has 7 rings (SSSR count). The Morgan fingerprint density at radius 2 is 0.536 bits per heavy atom. The third kappa shape index (κ3) is 9.50. The maximum atomic E-state index is 2.32. The van der Waals surface area contributed by atoms with Crippen LogP contribution in [0, 0.1) is 34.6 Å². The molecule has 0 unspecified atom stereocenters. The van der Waals surface area contributed by atoms with Gasteiger partial charge in [-0.3, -0.25) is 0 Å². The van der Waals surface area contributed by atoms with Crippen molar-refractivity contribution in [3.8, 4) is 0 Å². The Labute approximate surface area is 334 Å². The van der Waals surface area contributed by atoms with E-state index in [0.717, 1.165) is 28.2 Å². The SMILES string of the molecule is Cc1ccc(C(=CC=Cc2ccc(N(c3ccc(C)cc3)c3ccc(C=CC=C(c4ccc(C)cc4)c4ccc(C)cc4)cc3)cc2)c2ccc(C)cc2)cc1. The number of nitrogens with zero attached hydrogens (tertiary/aromatic N) is 1. The average Bonchev–Trinajstić information content (AvgIpc) is 3.22. The van der Waals surface area contributed by atoms with Crippen LogP contribution in [0.4, 0.5) is 17.1 Å². The number of benzene rings is 7. The van der Waals surface area contributed by atoms with E-state index in [1.807, 2.05) is 0 Å². The van der Waals surface area contributed by atoms with Gasteiger partial charge in [-0.2, -0.15) is 0 Å². The number of aryl methyl sites for hydroxylation is 5. The molecule has 0 aromatic heterocycles. The van der Waals surface area contributed by atoms with Crippen LogP contribution >= 0.6 is 0 Å². The molecular formula is C55H49N. The van der Waals surface area contributed by atoms with Crippen LogP contribution in [0.2, 0.25) is 0 Å². The third-order valence-electron chi connectivity index (χ3n) is 10.1. The Balaban J connectivity index is 1.14. The zero-order valence-electron chi connectivity index (χ0n) is 33.1. The van der Waals surface area contributed by atoms with Gasteiger partial charge in [0.25, 0.3) is 0 Å². The fraction of sp³-hybridized carbons (Fsp3) is 0.0909. The predicted octanol–water partition coefficient (Wildman–Crippen LogP) is 15.0. The molecule has 0 atom stereocenters. The number of hydrogen-bond acceptors (Lipinski definition) is 1. The van der Waals surface area contributed by atoms with Crippen molar-refractivity contribution in [3.05, 3.63) is 255 Å². The van der Waals surface area contributed by atoms with Crippen LogP contribution in [0.25, 0.3) is 23.3 Å². The van der Waals surface area contributed by atoms with Crippen molar-refractivity contribution in [1.29, 1.82) is 0 Å². The summed E-state index contributed by atoms with van der Waals surface area (Å²) in [6.07, 6.45) is 13.1. The smallest absolute Gasteiger partial charge is 0.0462 e. The van der Waals surface area contributed by atoms with Gasteiger partial charge in [-0.05, 0) is 116 Å². The predicted molar refractivity (Wildman–Crippen MR) is 243 cm³/mol.